The van der Waals surface area contributed by atoms with E-state index in [1.807, 2.05) is 61.5 Å². The van der Waals surface area contributed by atoms with Gasteiger partial charge in [-0.1, -0.05) is 84.4 Å². The Bertz CT molecular complexity index is 1500. The molecule has 176 valence electrons. The van der Waals surface area contributed by atoms with Crippen molar-refractivity contribution in [2.75, 3.05) is 0 Å². The lowest BCUT2D eigenvalue weighted by molar-refractivity contribution is 0.0949. The monoisotopic (exact) mass is 474 g/mol. The lowest BCUT2D eigenvalue weighted by Crippen LogP contribution is -2.18. The molecule has 5 nitrogen and oxygen atoms in total. The highest BCUT2D eigenvalue weighted by atomic mass is 19.1. The minimum atomic E-state index is -0.443. The number of benzene rings is 4. The van der Waals surface area contributed by atoms with Gasteiger partial charge in [0.15, 0.2) is 5.69 Å². The van der Waals surface area contributed by atoms with E-state index in [0.29, 0.717) is 5.56 Å². The Kier molecular flexibility index (Phi) is 6.49. The zero-order valence-corrected chi connectivity index (χ0v) is 19.6. The highest BCUT2D eigenvalue weighted by molar-refractivity contribution is 5.94. The molecule has 36 heavy (non-hydrogen) atoms. The van der Waals surface area contributed by atoms with E-state index < -0.39 is 5.91 Å². The molecule has 0 saturated heterocycles. The first kappa shape index (κ1) is 22.9. The van der Waals surface area contributed by atoms with Crippen LogP contribution in [0.15, 0.2) is 114 Å². The molecule has 5 aromatic rings. The molecule has 0 unspecified atom stereocenters. The summed E-state index contributed by atoms with van der Waals surface area (Å²) in [6.45, 7) is 2.02. The van der Waals surface area contributed by atoms with E-state index in [1.165, 1.54) is 18.3 Å². The molecule has 0 fully saturated rings. The van der Waals surface area contributed by atoms with Gasteiger partial charge in [-0.3, -0.25) is 4.79 Å². The van der Waals surface area contributed by atoms with Crippen LogP contribution in [0.1, 0.15) is 21.6 Å². The van der Waals surface area contributed by atoms with Gasteiger partial charge in [0.05, 0.1) is 17.6 Å². The second kappa shape index (κ2) is 10.2. The van der Waals surface area contributed by atoms with Crippen LogP contribution in [-0.4, -0.2) is 21.9 Å². The summed E-state index contributed by atoms with van der Waals surface area (Å²) >= 11 is 0. The molecule has 1 aromatic heterocycles. The van der Waals surface area contributed by atoms with Gasteiger partial charge < -0.3 is 0 Å². The molecule has 0 aliphatic rings. The van der Waals surface area contributed by atoms with Crippen molar-refractivity contribution < 1.29 is 9.18 Å². The van der Waals surface area contributed by atoms with Crippen molar-refractivity contribution in [3.63, 3.8) is 0 Å². The van der Waals surface area contributed by atoms with Gasteiger partial charge in [-0.2, -0.15) is 10.2 Å². The van der Waals surface area contributed by atoms with Gasteiger partial charge in [0.25, 0.3) is 5.91 Å². The number of hydrazone groups is 1. The molecule has 0 aliphatic heterocycles. The Morgan fingerprint density at radius 2 is 1.47 bits per heavy atom. The first-order valence-electron chi connectivity index (χ1n) is 11.5. The summed E-state index contributed by atoms with van der Waals surface area (Å²) < 4.78 is 14.8. The molecule has 1 amide bonds. The lowest BCUT2D eigenvalue weighted by Gasteiger charge is -2.09. The average molecular weight is 475 g/mol. The molecular weight excluding hydrogens is 451 g/mol. The van der Waals surface area contributed by atoms with Gasteiger partial charge in [-0.15, -0.1) is 0 Å². The summed E-state index contributed by atoms with van der Waals surface area (Å²) in [5.41, 5.74) is 9.33. The first-order chi connectivity index (χ1) is 17.6. The zero-order chi connectivity index (χ0) is 24.9. The number of rotatable bonds is 6. The summed E-state index contributed by atoms with van der Waals surface area (Å²) in [5, 5.41) is 8.58. The standard InChI is InChI=1S/C30H23FN4O/c1-21-7-17-27(18-8-21)35-29(25-13-11-24(12-14-25)23-5-3-2-4-6-23)19-28(34-35)30(36)33-32-20-22-9-15-26(31)16-10-22/h2-20H,1H3,(H,33,36)/b32-20-. The Balaban J connectivity index is 1.45. The molecule has 0 radical (unpaired) electrons. The van der Waals surface area contributed by atoms with Crippen molar-refractivity contribution in [3.8, 4) is 28.1 Å². The second-order valence-corrected chi connectivity index (χ2v) is 8.36. The largest absolute Gasteiger partial charge is 0.291 e. The molecule has 0 spiro atoms. The van der Waals surface area contributed by atoms with Crippen molar-refractivity contribution in [2.45, 2.75) is 6.92 Å². The maximum Gasteiger partial charge on any atom is 0.291 e. The van der Waals surface area contributed by atoms with Gasteiger partial charge in [-0.05, 0) is 53.9 Å². The summed E-state index contributed by atoms with van der Waals surface area (Å²) in [6.07, 6.45) is 1.46. The average Bonchev–Trinajstić information content (AvgIpc) is 3.36. The summed E-state index contributed by atoms with van der Waals surface area (Å²) in [5.74, 6) is -0.774. The Hall–Kier alpha value is -4.84. The van der Waals surface area contributed by atoms with Crippen molar-refractivity contribution in [1.29, 1.82) is 0 Å². The Morgan fingerprint density at radius 3 is 2.17 bits per heavy atom. The van der Waals surface area contributed by atoms with Crippen LogP contribution < -0.4 is 5.43 Å². The van der Waals surface area contributed by atoms with Crippen LogP contribution in [0, 0.1) is 12.7 Å². The van der Waals surface area contributed by atoms with Gasteiger partial charge in [0.2, 0.25) is 0 Å². The van der Waals surface area contributed by atoms with E-state index in [2.05, 4.69) is 39.9 Å². The van der Waals surface area contributed by atoms with Crippen molar-refractivity contribution >= 4 is 12.1 Å². The molecule has 0 bridgehead atoms. The Morgan fingerprint density at radius 1 is 0.833 bits per heavy atom. The van der Waals surface area contributed by atoms with Gasteiger partial charge in [0, 0.05) is 5.56 Å². The van der Waals surface area contributed by atoms with Gasteiger partial charge >= 0.3 is 0 Å². The third kappa shape index (κ3) is 5.13. The number of aryl methyl sites for hydroxylation is 1. The fourth-order valence-electron chi connectivity index (χ4n) is 3.82. The molecule has 0 aliphatic carbocycles. The smallest absolute Gasteiger partial charge is 0.265 e. The molecular formula is C30H23FN4O. The predicted octanol–water partition coefficient (Wildman–Crippen LogP) is 6.42. The molecule has 6 heteroatoms. The predicted molar refractivity (Wildman–Crippen MR) is 141 cm³/mol. The highest BCUT2D eigenvalue weighted by Gasteiger charge is 2.17. The SMILES string of the molecule is Cc1ccc(-n2nc(C(=O)N/N=C\c3ccc(F)cc3)cc2-c2ccc(-c3ccccc3)cc2)cc1. The van der Waals surface area contributed by atoms with E-state index in [-0.39, 0.29) is 11.5 Å². The van der Waals surface area contributed by atoms with Gasteiger partial charge in [-0.25, -0.2) is 14.5 Å². The normalized spacial score (nSPS) is 11.1. The molecule has 1 N–H and O–H groups in total. The van der Waals surface area contributed by atoms with E-state index in [1.54, 1.807) is 22.9 Å². The van der Waals surface area contributed by atoms with Crippen LogP contribution in [0.25, 0.3) is 28.1 Å². The van der Waals surface area contributed by atoms with Crippen molar-refractivity contribution in [2.24, 2.45) is 5.10 Å². The van der Waals surface area contributed by atoms with Crippen molar-refractivity contribution in [1.82, 2.24) is 15.2 Å². The molecule has 0 saturated carbocycles. The molecule has 5 rings (SSSR count). The minimum Gasteiger partial charge on any atom is -0.265 e. The highest BCUT2D eigenvalue weighted by Crippen LogP contribution is 2.27. The summed E-state index contributed by atoms with van der Waals surface area (Å²) in [6, 6.07) is 33.9. The van der Waals surface area contributed by atoms with Crippen LogP contribution >= 0.6 is 0 Å². The number of halogens is 1. The number of nitrogens with one attached hydrogen (secondary N) is 1. The van der Waals surface area contributed by atoms with E-state index in [0.717, 1.165) is 33.6 Å². The summed E-state index contributed by atoms with van der Waals surface area (Å²) in [4.78, 5) is 12.8. The number of amides is 1. The zero-order valence-electron chi connectivity index (χ0n) is 19.6. The maximum atomic E-state index is 13.1. The van der Waals surface area contributed by atoms with E-state index >= 15 is 0 Å². The fraction of sp³-hybridized carbons (Fsp3) is 0.0333. The fourth-order valence-corrected chi connectivity index (χ4v) is 3.82. The topological polar surface area (TPSA) is 59.3 Å². The Labute approximate surface area is 208 Å². The quantitative estimate of drug-likeness (QED) is 0.228. The number of hydrogen-bond donors (Lipinski definition) is 1. The van der Waals surface area contributed by atoms with Crippen molar-refractivity contribution in [3.05, 3.63) is 132 Å². The first-order valence-corrected chi connectivity index (χ1v) is 11.5. The number of carbonyl (C=O) groups is 1. The number of carbonyl (C=O) groups excluding carboxylic acids is 1. The second-order valence-electron chi connectivity index (χ2n) is 8.36. The number of nitrogens with zero attached hydrogens (tertiary/aromatic N) is 3. The molecule has 1 heterocycles. The lowest BCUT2D eigenvalue weighted by atomic mass is 10.0. The van der Waals surface area contributed by atoms with E-state index in [4.69, 9.17) is 0 Å². The third-order valence-corrected chi connectivity index (χ3v) is 5.76. The van der Waals surface area contributed by atoms with Crippen LogP contribution in [-0.2, 0) is 0 Å². The maximum absolute atomic E-state index is 13.1. The number of aromatic nitrogens is 2. The number of hydrogen-bond acceptors (Lipinski definition) is 3. The van der Waals surface area contributed by atoms with Gasteiger partial charge in [0.1, 0.15) is 5.82 Å². The van der Waals surface area contributed by atoms with Crippen LogP contribution in [0.5, 0.6) is 0 Å². The van der Waals surface area contributed by atoms with Crippen LogP contribution in [0.2, 0.25) is 0 Å². The molecule has 4 aromatic carbocycles. The summed E-state index contributed by atoms with van der Waals surface area (Å²) in [7, 11) is 0. The van der Waals surface area contributed by atoms with Crippen LogP contribution in [0.3, 0.4) is 0 Å². The minimum absolute atomic E-state index is 0.231. The third-order valence-electron chi connectivity index (χ3n) is 5.76. The van der Waals surface area contributed by atoms with Crippen LogP contribution in [0.4, 0.5) is 4.39 Å². The molecule has 0 atom stereocenters. The van der Waals surface area contributed by atoms with E-state index in [9.17, 15) is 9.18 Å².